The average Bonchev–Trinajstić information content (AvgIpc) is 2.97. The number of pyridine rings is 1. The second kappa shape index (κ2) is 7.55. The maximum Gasteiger partial charge on any atom is 0.132 e. The molecular weight excluding hydrogens is 336 g/mol. The van der Waals surface area contributed by atoms with Crippen LogP contribution in [-0.2, 0) is 19.4 Å². The standard InChI is InChI=1S/C20H27ClN2S/c1-13(2)16-9-15(20(21)22-10-16)5-7-23-8-6-17-18(14(3)4)12-24-19(17)11-23/h9-10,12-14H,5-8,11H2,1-4H3. The van der Waals surface area contributed by atoms with E-state index in [2.05, 4.69) is 49.0 Å². The Labute approximate surface area is 154 Å². The molecule has 130 valence electrons. The topological polar surface area (TPSA) is 16.1 Å². The van der Waals surface area contributed by atoms with Gasteiger partial charge in [0, 0.05) is 30.7 Å². The summed E-state index contributed by atoms with van der Waals surface area (Å²) in [4.78, 5) is 8.49. The van der Waals surface area contributed by atoms with Gasteiger partial charge in [-0.3, -0.25) is 4.90 Å². The Morgan fingerprint density at radius 3 is 2.75 bits per heavy atom. The molecule has 0 spiro atoms. The maximum absolute atomic E-state index is 6.31. The van der Waals surface area contributed by atoms with Crippen LogP contribution < -0.4 is 0 Å². The van der Waals surface area contributed by atoms with E-state index in [1.165, 1.54) is 17.5 Å². The first-order valence-electron chi connectivity index (χ1n) is 8.91. The first kappa shape index (κ1) is 17.9. The Bertz CT molecular complexity index is 706. The van der Waals surface area contributed by atoms with Gasteiger partial charge >= 0.3 is 0 Å². The summed E-state index contributed by atoms with van der Waals surface area (Å²) < 4.78 is 0. The molecule has 0 aromatic carbocycles. The minimum Gasteiger partial charge on any atom is -0.298 e. The van der Waals surface area contributed by atoms with E-state index in [1.807, 2.05) is 17.5 Å². The van der Waals surface area contributed by atoms with Gasteiger partial charge in [0.1, 0.15) is 5.15 Å². The van der Waals surface area contributed by atoms with Crippen LogP contribution in [-0.4, -0.2) is 23.0 Å². The second-order valence-electron chi connectivity index (χ2n) is 7.40. The van der Waals surface area contributed by atoms with Crippen molar-refractivity contribution in [3.05, 3.63) is 49.9 Å². The Hall–Kier alpha value is -0.900. The summed E-state index contributed by atoms with van der Waals surface area (Å²) in [5.74, 6) is 1.13. The molecule has 1 aliphatic heterocycles. The third-order valence-electron chi connectivity index (χ3n) is 4.98. The summed E-state index contributed by atoms with van der Waals surface area (Å²) in [7, 11) is 0. The molecule has 2 nitrogen and oxygen atoms in total. The van der Waals surface area contributed by atoms with Crippen LogP contribution in [0.1, 0.15) is 66.7 Å². The van der Waals surface area contributed by atoms with Crippen LogP contribution in [0.3, 0.4) is 0 Å². The van der Waals surface area contributed by atoms with Crippen molar-refractivity contribution in [3.63, 3.8) is 0 Å². The average molecular weight is 363 g/mol. The minimum absolute atomic E-state index is 0.492. The van der Waals surface area contributed by atoms with Gasteiger partial charge in [0.05, 0.1) is 0 Å². The molecule has 0 fully saturated rings. The highest BCUT2D eigenvalue weighted by Gasteiger charge is 2.22. The molecule has 3 rings (SSSR count). The molecule has 0 atom stereocenters. The Morgan fingerprint density at radius 1 is 1.25 bits per heavy atom. The zero-order chi connectivity index (χ0) is 17.3. The molecule has 0 saturated heterocycles. The molecule has 2 aromatic rings. The minimum atomic E-state index is 0.492. The maximum atomic E-state index is 6.31. The highest BCUT2D eigenvalue weighted by molar-refractivity contribution is 7.10. The molecular formula is C20H27ClN2S. The van der Waals surface area contributed by atoms with Crippen LogP contribution >= 0.6 is 22.9 Å². The zero-order valence-electron chi connectivity index (χ0n) is 15.1. The van der Waals surface area contributed by atoms with Gasteiger partial charge in [-0.15, -0.1) is 11.3 Å². The monoisotopic (exact) mass is 362 g/mol. The number of hydrogen-bond donors (Lipinski definition) is 0. The van der Waals surface area contributed by atoms with Crippen molar-refractivity contribution >= 4 is 22.9 Å². The normalized spacial score (nSPS) is 15.3. The van der Waals surface area contributed by atoms with E-state index in [9.17, 15) is 0 Å². The molecule has 0 bridgehead atoms. The SMILES string of the molecule is CC(C)c1cnc(Cl)c(CCN2CCc3c(C(C)C)csc3C2)c1. The lowest BCUT2D eigenvalue weighted by Crippen LogP contribution is -2.31. The van der Waals surface area contributed by atoms with Gasteiger partial charge in [-0.2, -0.15) is 0 Å². The van der Waals surface area contributed by atoms with Crippen molar-refractivity contribution in [2.45, 2.75) is 58.9 Å². The van der Waals surface area contributed by atoms with E-state index in [0.717, 1.165) is 26.1 Å². The summed E-state index contributed by atoms with van der Waals surface area (Å²) in [5, 5.41) is 3.03. The lowest BCUT2D eigenvalue weighted by Gasteiger charge is -2.28. The number of halogens is 1. The smallest absolute Gasteiger partial charge is 0.132 e. The van der Waals surface area contributed by atoms with E-state index >= 15 is 0 Å². The molecule has 0 amide bonds. The number of rotatable bonds is 5. The fourth-order valence-corrected chi connectivity index (χ4v) is 4.86. The van der Waals surface area contributed by atoms with Crippen molar-refractivity contribution in [2.24, 2.45) is 0 Å². The third-order valence-corrected chi connectivity index (χ3v) is 6.35. The van der Waals surface area contributed by atoms with Gasteiger partial charge in [0.25, 0.3) is 0 Å². The van der Waals surface area contributed by atoms with Gasteiger partial charge in [-0.25, -0.2) is 4.98 Å². The third kappa shape index (κ3) is 3.84. The molecule has 24 heavy (non-hydrogen) atoms. The first-order chi connectivity index (χ1) is 11.5. The molecule has 0 unspecified atom stereocenters. The van der Waals surface area contributed by atoms with E-state index < -0.39 is 0 Å². The molecule has 2 aromatic heterocycles. The second-order valence-corrected chi connectivity index (χ2v) is 8.72. The number of aromatic nitrogens is 1. The first-order valence-corrected chi connectivity index (χ1v) is 10.2. The Balaban J connectivity index is 1.65. The van der Waals surface area contributed by atoms with Crippen LogP contribution in [0.5, 0.6) is 0 Å². The van der Waals surface area contributed by atoms with Crippen molar-refractivity contribution in [3.8, 4) is 0 Å². The Morgan fingerprint density at radius 2 is 2.04 bits per heavy atom. The van der Waals surface area contributed by atoms with Gasteiger partial charge in [-0.1, -0.05) is 45.4 Å². The van der Waals surface area contributed by atoms with Crippen LogP contribution in [0.4, 0.5) is 0 Å². The summed E-state index contributed by atoms with van der Waals surface area (Å²) in [6, 6.07) is 2.23. The van der Waals surface area contributed by atoms with E-state index in [0.29, 0.717) is 17.0 Å². The predicted octanol–water partition coefficient (Wildman–Crippen LogP) is 5.64. The van der Waals surface area contributed by atoms with Gasteiger partial charge < -0.3 is 0 Å². The fraction of sp³-hybridized carbons (Fsp3) is 0.550. The Kier molecular flexibility index (Phi) is 5.63. The summed E-state index contributed by atoms with van der Waals surface area (Å²) in [5.41, 5.74) is 5.64. The molecule has 0 N–H and O–H groups in total. The summed E-state index contributed by atoms with van der Waals surface area (Å²) in [6.07, 6.45) is 4.07. The zero-order valence-corrected chi connectivity index (χ0v) is 16.7. The van der Waals surface area contributed by atoms with Crippen molar-refractivity contribution in [1.82, 2.24) is 9.88 Å². The quantitative estimate of drug-likeness (QED) is 0.639. The largest absolute Gasteiger partial charge is 0.298 e. The summed E-state index contributed by atoms with van der Waals surface area (Å²) >= 11 is 8.25. The highest BCUT2D eigenvalue weighted by atomic mass is 35.5. The number of nitrogens with zero attached hydrogens (tertiary/aromatic N) is 2. The van der Waals surface area contributed by atoms with Crippen molar-refractivity contribution in [1.29, 1.82) is 0 Å². The van der Waals surface area contributed by atoms with Crippen molar-refractivity contribution in [2.75, 3.05) is 13.1 Å². The van der Waals surface area contributed by atoms with Crippen molar-refractivity contribution < 1.29 is 0 Å². The van der Waals surface area contributed by atoms with Crippen LogP contribution in [0.15, 0.2) is 17.6 Å². The highest BCUT2D eigenvalue weighted by Crippen LogP contribution is 2.33. The molecule has 0 radical (unpaired) electrons. The van der Waals surface area contributed by atoms with E-state index in [-0.39, 0.29) is 0 Å². The van der Waals surface area contributed by atoms with Gasteiger partial charge in [0.2, 0.25) is 0 Å². The van der Waals surface area contributed by atoms with Gasteiger partial charge in [0.15, 0.2) is 0 Å². The molecule has 0 aliphatic carbocycles. The van der Waals surface area contributed by atoms with Crippen LogP contribution in [0, 0.1) is 0 Å². The molecule has 0 saturated carbocycles. The lowest BCUT2D eigenvalue weighted by atomic mass is 9.96. The molecule has 1 aliphatic rings. The summed E-state index contributed by atoms with van der Waals surface area (Å²) in [6.45, 7) is 12.3. The number of hydrogen-bond acceptors (Lipinski definition) is 3. The fourth-order valence-electron chi connectivity index (χ4n) is 3.36. The van der Waals surface area contributed by atoms with Gasteiger partial charge in [-0.05, 0) is 52.3 Å². The van der Waals surface area contributed by atoms with Crippen LogP contribution in [0.2, 0.25) is 5.15 Å². The van der Waals surface area contributed by atoms with E-state index in [1.54, 1.807) is 16.0 Å². The molecule has 3 heterocycles. The molecule has 4 heteroatoms. The number of thiophene rings is 1. The predicted molar refractivity (Wildman–Crippen MR) is 104 cm³/mol. The number of fused-ring (bicyclic) bond motifs is 1. The lowest BCUT2D eigenvalue weighted by molar-refractivity contribution is 0.260. The van der Waals surface area contributed by atoms with Crippen LogP contribution in [0.25, 0.3) is 0 Å². The van der Waals surface area contributed by atoms with E-state index in [4.69, 9.17) is 11.6 Å².